The third-order valence-electron chi connectivity index (χ3n) is 8.67. The van der Waals surface area contributed by atoms with Crippen LogP contribution in [0.3, 0.4) is 0 Å². The van der Waals surface area contributed by atoms with Gasteiger partial charge in [0.2, 0.25) is 12.7 Å². The first kappa shape index (κ1) is 28.7. The highest BCUT2D eigenvalue weighted by atomic mass is 16.7. The maximum absolute atomic E-state index is 13.9. The molecule has 3 heterocycles. The summed E-state index contributed by atoms with van der Waals surface area (Å²) in [5.41, 5.74) is -0.0318. The van der Waals surface area contributed by atoms with Crippen molar-refractivity contribution < 1.29 is 38.7 Å². The number of benzene rings is 1. The molecule has 1 aromatic carbocycles. The van der Waals surface area contributed by atoms with E-state index in [1.165, 1.54) is 0 Å². The van der Waals surface area contributed by atoms with Crippen LogP contribution in [-0.4, -0.2) is 83.9 Å². The van der Waals surface area contributed by atoms with Crippen LogP contribution in [0.2, 0.25) is 0 Å². The maximum atomic E-state index is 13.9. The van der Waals surface area contributed by atoms with Crippen LogP contribution < -0.4 is 14.8 Å². The number of fused-ring (bicyclic) bond motifs is 4. The first-order valence-electron chi connectivity index (χ1n) is 14.3. The number of esters is 1. The zero-order valence-electron chi connectivity index (χ0n) is 24.0. The molecule has 4 unspecified atom stereocenters. The number of ether oxygens (including phenoxy) is 4. The molecule has 1 aliphatic carbocycles. The van der Waals surface area contributed by atoms with Gasteiger partial charge in [0.15, 0.2) is 23.2 Å². The van der Waals surface area contributed by atoms with Gasteiger partial charge in [-0.15, -0.1) is 0 Å². The van der Waals surface area contributed by atoms with Crippen LogP contribution in [0.4, 0.5) is 0 Å². The predicted octanol–water partition coefficient (Wildman–Crippen LogP) is 2.54. The summed E-state index contributed by atoms with van der Waals surface area (Å²) in [4.78, 5) is 28.7. The van der Waals surface area contributed by atoms with Crippen LogP contribution >= 0.6 is 0 Å². The van der Waals surface area contributed by atoms with E-state index in [1.807, 2.05) is 19.1 Å². The van der Waals surface area contributed by atoms with Crippen LogP contribution in [0, 0.1) is 0 Å². The van der Waals surface area contributed by atoms with Crippen molar-refractivity contribution in [2.75, 3.05) is 33.5 Å². The van der Waals surface area contributed by atoms with Gasteiger partial charge in [-0.05, 0) is 94.7 Å². The number of methoxy groups -OCH3 is 1. The number of nitrogens with zero attached hydrogens (tertiary/aromatic N) is 1. The number of amides is 1. The Bertz CT molecular complexity index is 1170. The lowest BCUT2D eigenvalue weighted by Crippen LogP contribution is -2.47. The monoisotopic (exact) mass is 558 g/mol. The van der Waals surface area contributed by atoms with Crippen molar-refractivity contribution in [2.45, 2.75) is 95.0 Å². The Balaban J connectivity index is 1.44. The van der Waals surface area contributed by atoms with E-state index in [0.717, 1.165) is 36.0 Å². The van der Waals surface area contributed by atoms with Gasteiger partial charge in [0, 0.05) is 25.0 Å². The van der Waals surface area contributed by atoms with Crippen LogP contribution in [0.25, 0.3) is 0 Å². The second kappa shape index (κ2) is 11.2. The number of likely N-dealkylation sites (tertiary alicyclic amines) is 1. The van der Waals surface area contributed by atoms with Gasteiger partial charge in [-0.25, -0.2) is 4.79 Å². The Kier molecular flexibility index (Phi) is 8.05. The molecule has 10 nitrogen and oxygen atoms in total. The maximum Gasteiger partial charge on any atom is 0.339 e. The molecule has 0 radical (unpaired) electrons. The molecule has 3 N–H and O–H groups in total. The highest BCUT2D eigenvalue weighted by Crippen LogP contribution is 2.47. The van der Waals surface area contributed by atoms with E-state index in [2.05, 4.69) is 5.32 Å². The SMILES string of the molecule is COC1=C(C)C2NCCc3cc4c(cc3C2C1OC(=O)C(O)(CCCC(C)(C)O)CC(=O)N1CCCC1)OCO4. The Morgan fingerprint density at radius 2 is 1.82 bits per heavy atom. The number of hydrogen-bond acceptors (Lipinski definition) is 9. The molecular formula is C30H42N2O8. The minimum atomic E-state index is -2.04. The summed E-state index contributed by atoms with van der Waals surface area (Å²) in [5, 5.41) is 25.6. The van der Waals surface area contributed by atoms with Crippen molar-refractivity contribution in [2.24, 2.45) is 0 Å². The van der Waals surface area contributed by atoms with E-state index >= 15 is 0 Å². The topological polar surface area (TPSA) is 127 Å². The summed E-state index contributed by atoms with van der Waals surface area (Å²) < 4.78 is 23.3. The fourth-order valence-electron chi connectivity index (χ4n) is 6.53. The van der Waals surface area contributed by atoms with Gasteiger partial charge in [-0.2, -0.15) is 0 Å². The van der Waals surface area contributed by atoms with Crippen molar-refractivity contribution in [1.29, 1.82) is 0 Å². The summed E-state index contributed by atoms with van der Waals surface area (Å²) in [6, 6.07) is 3.80. The molecule has 0 aromatic heterocycles. The summed E-state index contributed by atoms with van der Waals surface area (Å²) in [7, 11) is 1.55. The van der Waals surface area contributed by atoms with Crippen molar-refractivity contribution in [3.63, 3.8) is 0 Å². The van der Waals surface area contributed by atoms with E-state index in [1.54, 1.807) is 25.9 Å². The molecule has 3 aliphatic heterocycles. The van der Waals surface area contributed by atoms with E-state index in [-0.39, 0.29) is 37.5 Å². The zero-order valence-corrected chi connectivity index (χ0v) is 24.0. The number of rotatable bonds is 9. The summed E-state index contributed by atoms with van der Waals surface area (Å²) >= 11 is 0. The first-order chi connectivity index (χ1) is 19.0. The van der Waals surface area contributed by atoms with E-state index < -0.39 is 23.3 Å². The molecule has 5 rings (SSSR count). The predicted molar refractivity (Wildman–Crippen MR) is 146 cm³/mol. The van der Waals surface area contributed by atoms with Crippen LogP contribution in [0.1, 0.15) is 76.3 Å². The van der Waals surface area contributed by atoms with Crippen LogP contribution in [0.15, 0.2) is 23.5 Å². The molecule has 1 amide bonds. The number of hydrogen-bond donors (Lipinski definition) is 3. The molecule has 220 valence electrons. The van der Waals surface area contributed by atoms with Crippen molar-refractivity contribution >= 4 is 11.9 Å². The van der Waals surface area contributed by atoms with Crippen molar-refractivity contribution in [1.82, 2.24) is 10.2 Å². The highest BCUT2D eigenvalue weighted by molar-refractivity contribution is 5.88. The molecule has 1 saturated heterocycles. The highest BCUT2D eigenvalue weighted by Gasteiger charge is 2.50. The summed E-state index contributed by atoms with van der Waals surface area (Å²) in [6.07, 6.45) is 2.11. The van der Waals surface area contributed by atoms with Gasteiger partial charge in [0.05, 0.1) is 19.1 Å². The van der Waals surface area contributed by atoms with Crippen LogP contribution in [0.5, 0.6) is 11.5 Å². The van der Waals surface area contributed by atoms with Gasteiger partial charge in [-0.3, -0.25) is 4.79 Å². The van der Waals surface area contributed by atoms with Gasteiger partial charge in [0.1, 0.15) is 5.76 Å². The molecule has 1 fully saturated rings. The van der Waals surface area contributed by atoms with Crippen LogP contribution in [-0.2, 0) is 25.5 Å². The average Bonchev–Trinajstić information content (AvgIpc) is 3.60. The standard InChI is InChI=1S/C30H42N2O8/c1-18-25-24(20-15-22-21(38-17-39-22)14-19(20)8-11-31-25)27(26(18)37-4)40-28(34)30(36,10-7-9-29(2,3)35)16-23(33)32-12-5-6-13-32/h14-15,24-25,27,31,35-36H,5-13,16-17H2,1-4H3. The molecule has 4 atom stereocenters. The minimum absolute atomic E-state index is 0.00520. The molecule has 10 heteroatoms. The molecule has 0 spiro atoms. The Hall–Kier alpha value is -2.82. The lowest BCUT2D eigenvalue weighted by molar-refractivity contribution is -0.176. The molecule has 4 aliphatic rings. The van der Waals surface area contributed by atoms with E-state index in [9.17, 15) is 19.8 Å². The third kappa shape index (κ3) is 5.66. The lowest BCUT2D eigenvalue weighted by atomic mass is 9.86. The van der Waals surface area contributed by atoms with E-state index in [0.29, 0.717) is 49.7 Å². The molecular weight excluding hydrogens is 516 g/mol. The lowest BCUT2D eigenvalue weighted by Gasteiger charge is -2.32. The Labute approximate surface area is 235 Å². The number of aliphatic hydroxyl groups is 2. The quantitative estimate of drug-likeness (QED) is 0.392. The molecule has 40 heavy (non-hydrogen) atoms. The molecule has 0 saturated carbocycles. The van der Waals surface area contributed by atoms with Crippen molar-refractivity contribution in [3.05, 3.63) is 34.6 Å². The van der Waals surface area contributed by atoms with Gasteiger partial charge >= 0.3 is 5.97 Å². The minimum Gasteiger partial charge on any atom is -0.497 e. The summed E-state index contributed by atoms with van der Waals surface area (Å²) in [5.74, 6) is 0.439. The zero-order chi connectivity index (χ0) is 28.7. The number of carbonyl (C=O) groups excluding carboxylic acids is 2. The molecule has 1 aromatic rings. The van der Waals surface area contributed by atoms with E-state index in [4.69, 9.17) is 18.9 Å². The largest absolute Gasteiger partial charge is 0.497 e. The first-order valence-corrected chi connectivity index (χ1v) is 14.3. The molecule has 0 bridgehead atoms. The second-order valence-corrected chi connectivity index (χ2v) is 12.2. The summed E-state index contributed by atoms with van der Waals surface area (Å²) in [6.45, 7) is 7.43. The fraction of sp³-hybridized carbons (Fsp3) is 0.667. The van der Waals surface area contributed by atoms with Gasteiger partial charge < -0.3 is 39.4 Å². The Morgan fingerprint density at radius 3 is 2.50 bits per heavy atom. The smallest absolute Gasteiger partial charge is 0.339 e. The van der Waals surface area contributed by atoms with Crippen molar-refractivity contribution in [3.8, 4) is 11.5 Å². The normalized spacial score (nSPS) is 25.2. The second-order valence-electron chi connectivity index (χ2n) is 12.2. The van der Waals surface area contributed by atoms with Gasteiger partial charge in [-0.1, -0.05) is 0 Å². The number of carbonyl (C=O) groups is 2. The number of nitrogens with one attached hydrogen (secondary N) is 1. The Morgan fingerprint density at radius 1 is 1.12 bits per heavy atom. The third-order valence-corrected chi connectivity index (χ3v) is 8.67. The fourth-order valence-corrected chi connectivity index (χ4v) is 6.53. The van der Waals surface area contributed by atoms with Gasteiger partial charge in [0.25, 0.3) is 0 Å². The average molecular weight is 559 g/mol.